The van der Waals surface area contributed by atoms with Gasteiger partial charge in [-0.2, -0.15) is 0 Å². The van der Waals surface area contributed by atoms with Crippen LogP contribution in [0.25, 0.3) is 0 Å². The van der Waals surface area contributed by atoms with Gasteiger partial charge in [0.1, 0.15) is 5.75 Å². The van der Waals surface area contributed by atoms with Crippen LogP contribution in [0.1, 0.15) is 17.7 Å². The summed E-state index contributed by atoms with van der Waals surface area (Å²) in [6.45, 7) is 1.94. The highest BCUT2D eigenvalue weighted by Gasteiger charge is 2.03. The highest BCUT2D eigenvalue weighted by molar-refractivity contribution is 5.75. The molecule has 0 fully saturated rings. The van der Waals surface area contributed by atoms with E-state index in [2.05, 4.69) is 21.7 Å². The first-order chi connectivity index (χ1) is 11.3. The molecule has 2 aromatic rings. The minimum Gasteiger partial charge on any atom is -0.496 e. The number of amides is 1. The van der Waals surface area contributed by atoms with Crippen LogP contribution in [0.2, 0.25) is 0 Å². The molecule has 0 saturated carbocycles. The molecule has 0 aliphatic carbocycles. The molecule has 0 unspecified atom stereocenters. The molecule has 0 saturated heterocycles. The minimum atomic E-state index is 0.0282. The molecule has 1 heterocycles. The molecular formula is C18H23N3O2. The van der Waals surface area contributed by atoms with Gasteiger partial charge >= 0.3 is 0 Å². The van der Waals surface area contributed by atoms with Crippen LogP contribution in [0.4, 0.5) is 0 Å². The van der Waals surface area contributed by atoms with Crippen molar-refractivity contribution in [2.24, 2.45) is 0 Å². The fourth-order valence-corrected chi connectivity index (χ4v) is 2.24. The maximum atomic E-state index is 11.8. The van der Waals surface area contributed by atoms with Crippen molar-refractivity contribution in [2.45, 2.75) is 19.4 Å². The highest BCUT2D eigenvalue weighted by Crippen LogP contribution is 2.17. The molecule has 0 bridgehead atoms. The molecule has 122 valence electrons. The van der Waals surface area contributed by atoms with Crippen molar-refractivity contribution in [3.8, 4) is 5.75 Å². The number of ether oxygens (including phenoxy) is 1. The maximum absolute atomic E-state index is 11.8. The molecule has 0 spiro atoms. The van der Waals surface area contributed by atoms with Crippen molar-refractivity contribution in [2.75, 3.05) is 20.2 Å². The van der Waals surface area contributed by atoms with Gasteiger partial charge in [0.25, 0.3) is 0 Å². The summed E-state index contributed by atoms with van der Waals surface area (Å²) >= 11 is 0. The van der Waals surface area contributed by atoms with Gasteiger partial charge in [0.15, 0.2) is 0 Å². The van der Waals surface area contributed by atoms with Crippen LogP contribution in [0, 0.1) is 0 Å². The molecule has 1 amide bonds. The quantitative estimate of drug-likeness (QED) is 0.694. The van der Waals surface area contributed by atoms with E-state index in [4.69, 9.17) is 4.74 Å². The van der Waals surface area contributed by atoms with E-state index in [9.17, 15) is 4.79 Å². The first kappa shape index (κ1) is 17.0. The normalized spacial score (nSPS) is 10.3. The number of methoxy groups -OCH3 is 1. The van der Waals surface area contributed by atoms with Gasteiger partial charge in [-0.05, 0) is 36.7 Å². The second-order valence-electron chi connectivity index (χ2n) is 5.16. The van der Waals surface area contributed by atoms with Crippen LogP contribution in [0.15, 0.2) is 48.7 Å². The number of para-hydroxylation sites is 1. The van der Waals surface area contributed by atoms with Crippen molar-refractivity contribution in [3.63, 3.8) is 0 Å². The Hall–Kier alpha value is -2.40. The second kappa shape index (κ2) is 9.58. The Labute approximate surface area is 137 Å². The summed E-state index contributed by atoms with van der Waals surface area (Å²) < 4.78 is 5.32. The molecule has 0 aliphatic heterocycles. The van der Waals surface area contributed by atoms with Crippen LogP contribution in [0.3, 0.4) is 0 Å². The van der Waals surface area contributed by atoms with Gasteiger partial charge in [-0.15, -0.1) is 0 Å². The Morgan fingerprint density at radius 3 is 2.74 bits per heavy atom. The van der Waals surface area contributed by atoms with Gasteiger partial charge in [0, 0.05) is 19.2 Å². The Morgan fingerprint density at radius 1 is 1.13 bits per heavy atom. The number of pyridine rings is 1. The van der Waals surface area contributed by atoms with Crippen LogP contribution in [-0.4, -0.2) is 31.1 Å². The Morgan fingerprint density at radius 2 is 1.96 bits per heavy atom. The lowest BCUT2D eigenvalue weighted by Crippen LogP contribution is -2.28. The summed E-state index contributed by atoms with van der Waals surface area (Å²) in [7, 11) is 1.68. The Balaban J connectivity index is 1.59. The highest BCUT2D eigenvalue weighted by atomic mass is 16.5. The standard InChI is InChI=1S/C18H23N3O2/c1-23-17-8-3-2-6-15(17)9-12-19-13-10-18(22)21-14-16-7-4-5-11-20-16/h2-8,11,19H,9-10,12-14H2,1H3,(H,21,22). The van der Waals surface area contributed by atoms with E-state index < -0.39 is 0 Å². The van der Waals surface area contributed by atoms with Crippen molar-refractivity contribution >= 4 is 5.91 Å². The third-order valence-electron chi connectivity index (χ3n) is 3.49. The maximum Gasteiger partial charge on any atom is 0.221 e. The first-order valence-corrected chi connectivity index (χ1v) is 7.79. The number of carbonyl (C=O) groups is 1. The van der Waals surface area contributed by atoms with Crippen molar-refractivity contribution in [1.82, 2.24) is 15.6 Å². The van der Waals surface area contributed by atoms with Crippen molar-refractivity contribution in [1.29, 1.82) is 0 Å². The van der Waals surface area contributed by atoms with E-state index in [1.807, 2.05) is 36.4 Å². The van der Waals surface area contributed by atoms with Crippen LogP contribution in [-0.2, 0) is 17.8 Å². The first-order valence-electron chi connectivity index (χ1n) is 7.79. The summed E-state index contributed by atoms with van der Waals surface area (Å²) in [5, 5.41) is 6.15. The predicted octanol–water partition coefficient (Wildman–Crippen LogP) is 1.93. The zero-order valence-corrected chi connectivity index (χ0v) is 13.4. The molecular weight excluding hydrogens is 290 g/mol. The molecule has 1 aromatic heterocycles. The fourth-order valence-electron chi connectivity index (χ4n) is 2.24. The average Bonchev–Trinajstić information content (AvgIpc) is 2.61. The van der Waals surface area contributed by atoms with Gasteiger partial charge < -0.3 is 15.4 Å². The molecule has 5 nitrogen and oxygen atoms in total. The van der Waals surface area contributed by atoms with E-state index >= 15 is 0 Å². The predicted molar refractivity (Wildman–Crippen MR) is 90.3 cm³/mol. The molecule has 23 heavy (non-hydrogen) atoms. The van der Waals surface area contributed by atoms with Gasteiger partial charge in [-0.1, -0.05) is 24.3 Å². The van der Waals surface area contributed by atoms with Crippen molar-refractivity contribution in [3.05, 3.63) is 59.9 Å². The summed E-state index contributed by atoms with van der Waals surface area (Å²) in [5.41, 5.74) is 2.03. The minimum absolute atomic E-state index is 0.0282. The third-order valence-corrected chi connectivity index (χ3v) is 3.49. The summed E-state index contributed by atoms with van der Waals surface area (Å²) in [6, 6.07) is 13.6. The number of aromatic nitrogens is 1. The number of rotatable bonds is 9. The van der Waals surface area contributed by atoms with Crippen LogP contribution < -0.4 is 15.4 Å². The molecule has 5 heteroatoms. The number of benzene rings is 1. The molecule has 2 N–H and O–H groups in total. The molecule has 0 atom stereocenters. The van der Waals surface area contributed by atoms with E-state index in [1.165, 1.54) is 5.56 Å². The van der Waals surface area contributed by atoms with E-state index in [0.717, 1.165) is 24.4 Å². The second-order valence-corrected chi connectivity index (χ2v) is 5.16. The molecule has 1 aromatic carbocycles. The topological polar surface area (TPSA) is 63.2 Å². The monoisotopic (exact) mass is 313 g/mol. The molecule has 0 aliphatic rings. The van der Waals surface area contributed by atoms with Gasteiger partial charge in [-0.25, -0.2) is 0 Å². The zero-order valence-electron chi connectivity index (χ0n) is 13.4. The molecule has 0 radical (unpaired) electrons. The number of nitrogens with zero attached hydrogens (tertiary/aromatic N) is 1. The van der Waals surface area contributed by atoms with Crippen LogP contribution >= 0.6 is 0 Å². The van der Waals surface area contributed by atoms with E-state index in [0.29, 0.717) is 19.5 Å². The Bertz CT molecular complexity index is 602. The SMILES string of the molecule is COc1ccccc1CCNCCC(=O)NCc1ccccn1. The number of nitrogens with one attached hydrogen (secondary N) is 2. The smallest absolute Gasteiger partial charge is 0.221 e. The van der Waals surface area contributed by atoms with Crippen LogP contribution in [0.5, 0.6) is 5.75 Å². The van der Waals surface area contributed by atoms with E-state index in [1.54, 1.807) is 13.3 Å². The van der Waals surface area contributed by atoms with Gasteiger partial charge in [0.2, 0.25) is 5.91 Å². The zero-order chi connectivity index (χ0) is 16.3. The van der Waals surface area contributed by atoms with Gasteiger partial charge in [0.05, 0.1) is 19.3 Å². The lowest BCUT2D eigenvalue weighted by atomic mass is 10.1. The lowest BCUT2D eigenvalue weighted by molar-refractivity contribution is -0.121. The third kappa shape index (κ3) is 6.08. The van der Waals surface area contributed by atoms with E-state index in [-0.39, 0.29) is 5.91 Å². The Kier molecular flexibility index (Phi) is 7.07. The molecule has 2 rings (SSSR count). The number of hydrogen-bond donors (Lipinski definition) is 2. The fraction of sp³-hybridized carbons (Fsp3) is 0.333. The lowest BCUT2D eigenvalue weighted by Gasteiger charge is -2.09. The van der Waals surface area contributed by atoms with Crippen molar-refractivity contribution < 1.29 is 9.53 Å². The average molecular weight is 313 g/mol. The number of carbonyl (C=O) groups excluding carboxylic acids is 1. The summed E-state index contributed by atoms with van der Waals surface area (Å²) in [4.78, 5) is 15.9. The van der Waals surface area contributed by atoms with Gasteiger partial charge in [-0.3, -0.25) is 9.78 Å². The largest absolute Gasteiger partial charge is 0.496 e. The summed E-state index contributed by atoms with van der Waals surface area (Å²) in [6.07, 6.45) is 3.05. The summed E-state index contributed by atoms with van der Waals surface area (Å²) in [5.74, 6) is 0.933. The number of hydrogen-bond acceptors (Lipinski definition) is 4.